The Morgan fingerprint density at radius 1 is 1.03 bits per heavy atom. The molecule has 4 nitrogen and oxygen atoms in total. The molecule has 1 N–H and O–H groups in total. The Kier molecular flexibility index (Phi) is 6.56. The summed E-state index contributed by atoms with van der Waals surface area (Å²) in [4.78, 5) is 12.4. The average molecular weight is 404 g/mol. The first kappa shape index (κ1) is 20.7. The summed E-state index contributed by atoms with van der Waals surface area (Å²) in [6, 6.07) is 19.1. The van der Waals surface area contributed by atoms with Gasteiger partial charge in [-0.05, 0) is 47.0 Å². The van der Waals surface area contributed by atoms with Gasteiger partial charge in [0.1, 0.15) is 29.0 Å². The second-order valence-corrected chi connectivity index (χ2v) is 6.44. The maximum absolute atomic E-state index is 13.9. The van der Waals surface area contributed by atoms with Crippen molar-refractivity contribution in [2.45, 2.75) is 6.42 Å². The predicted octanol–water partition coefficient (Wildman–Crippen LogP) is 5.11. The highest BCUT2D eigenvalue weighted by Gasteiger charge is 2.13. The number of halogens is 2. The minimum atomic E-state index is -0.725. The molecule has 3 rings (SSSR count). The van der Waals surface area contributed by atoms with Crippen molar-refractivity contribution in [1.29, 1.82) is 5.26 Å². The maximum Gasteiger partial charge on any atom is 0.266 e. The predicted molar refractivity (Wildman–Crippen MR) is 111 cm³/mol. The van der Waals surface area contributed by atoms with Gasteiger partial charge in [0.05, 0.1) is 12.8 Å². The normalized spacial score (nSPS) is 10.9. The van der Waals surface area contributed by atoms with Crippen LogP contribution in [0.2, 0.25) is 0 Å². The van der Waals surface area contributed by atoms with E-state index in [4.69, 9.17) is 4.74 Å². The number of para-hydroxylation sites is 1. The Morgan fingerprint density at radius 2 is 1.73 bits per heavy atom. The lowest BCUT2D eigenvalue weighted by molar-refractivity contribution is -0.112. The molecule has 3 aromatic carbocycles. The molecule has 0 radical (unpaired) electrons. The number of nitriles is 1. The molecule has 0 saturated carbocycles. The summed E-state index contributed by atoms with van der Waals surface area (Å²) in [7, 11) is 1.49. The van der Waals surface area contributed by atoms with Gasteiger partial charge in [0.2, 0.25) is 0 Å². The number of anilines is 1. The summed E-state index contributed by atoms with van der Waals surface area (Å²) in [5, 5.41) is 11.7. The Labute approximate surface area is 173 Å². The molecule has 0 aromatic heterocycles. The van der Waals surface area contributed by atoms with Crippen molar-refractivity contribution >= 4 is 17.7 Å². The van der Waals surface area contributed by atoms with Crippen LogP contribution < -0.4 is 10.1 Å². The molecule has 0 saturated heterocycles. The summed E-state index contributed by atoms with van der Waals surface area (Å²) in [5.41, 5.74) is 1.63. The molecule has 0 heterocycles. The molecule has 30 heavy (non-hydrogen) atoms. The molecule has 0 aliphatic rings. The fourth-order valence-electron chi connectivity index (χ4n) is 2.91. The third kappa shape index (κ3) is 4.89. The van der Waals surface area contributed by atoms with E-state index in [1.165, 1.54) is 37.5 Å². The lowest BCUT2D eigenvalue weighted by atomic mass is 10.0. The summed E-state index contributed by atoms with van der Waals surface area (Å²) in [5.74, 6) is -1.13. The summed E-state index contributed by atoms with van der Waals surface area (Å²) < 4.78 is 33.1. The third-order valence-electron chi connectivity index (χ3n) is 4.45. The number of nitrogens with zero attached hydrogens (tertiary/aromatic N) is 1. The van der Waals surface area contributed by atoms with Gasteiger partial charge >= 0.3 is 0 Å². The summed E-state index contributed by atoms with van der Waals surface area (Å²) >= 11 is 0. The number of ether oxygens (including phenoxy) is 1. The Balaban J connectivity index is 1.84. The molecule has 0 spiro atoms. The number of carbonyl (C=O) groups is 1. The van der Waals surface area contributed by atoms with E-state index in [1.54, 1.807) is 42.5 Å². The molecule has 150 valence electrons. The molecular weight excluding hydrogens is 386 g/mol. The van der Waals surface area contributed by atoms with Gasteiger partial charge in [-0.3, -0.25) is 4.79 Å². The van der Waals surface area contributed by atoms with Gasteiger partial charge in [-0.15, -0.1) is 0 Å². The van der Waals surface area contributed by atoms with Crippen molar-refractivity contribution in [1.82, 2.24) is 0 Å². The second kappa shape index (κ2) is 9.48. The third-order valence-corrected chi connectivity index (χ3v) is 4.45. The fraction of sp³-hybridized carbons (Fsp3) is 0.0833. The monoisotopic (exact) mass is 404 g/mol. The van der Waals surface area contributed by atoms with Crippen molar-refractivity contribution in [3.63, 3.8) is 0 Å². The van der Waals surface area contributed by atoms with Crippen LogP contribution in [0.5, 0.6) is 5.75 Å². The highest BCUT2D eigenvalue weighted by Crippen LogP contribution is 2.25. The van der Waals surface area contributed by atoms with E-state index in [1.807, 2.05) is 6.07 Å². The number of carbonyl (C=O) groups excluding carboxylic acids is 1. The van der Waals surface area contributed by atoms with Crippen LogP contribution in [0.3, 0.4) is 0 Å². The molecule has 0 bridgehead atoms. The van der Waals surface area contributed by atoms with E-state index in [-0.39, 0.29) is 17.1 Å². The molecule has 1 amide bonds. The van der Waals surface area contributed by atoms with Gasteiger partial charge in [-0.25, -0.2) is 8.78 Å². The summed E-state index contributed by atoms with van der Waals surface area (Å²) in [6.45, 7) is 0. The molecule has 0 aliphatic heterocycles. The number of benzene rings is 3. The van der Waals surface area contributed by atoms with E-state index in [0.29, 0.717) is 23.3 Å². The molecule has 0 fully saturated rings. The molecule has 0 aliphatic carbocycles. The van der Waals surface area contributed by atoms with Crippen LogP contribution in [0.1, 0.15) is 16.7 Å². The van der Waals surface area contributed by atoms with Crippen LogP contribution in [-0.4, -0.2) is 13.0 Å². The van der Waals surface area contributed by atoms with Gasteiger partial charge in [0, 0.05) is 6.42 Å². The van der Waals surface area contributed by atoms with E-state index < -0.39 is 11.7 Å². The second-order valence-electron chi connectivity index (χ2n) is 6.44. The van der Waals surface area contributed by atoms with Gasteiger partial charge in [0.25, 0.3) is 5.91 Å². The maximum atomic E-state index is 13.9. The Morgan fingerprint density at radius 3 is 2.40 bits per heavy atom. The zero-order valence-corrected chi connectivity index (χ0v) is 16.2. The van der Waals surface area contributed by atoms with Crippen LogP contribution in [0.25, 0.3) is 6.08 Å². The Bertz CT molecular complexity index is 1150. The quantitative estimate of drug-likeness (QED) is 0.459. The van der Waals surface area contributed by atoms with E-state index in [0.717, 1.165) is 5.56 Å². The van der Waals surface area contributed by atoms with Crippen LogP contribution in [0.4, 0.5) is 14.5 Å². The molecule has 0 unspecified atom stereocenters. The number of methoxy groups -OCH3 is 1. The van der Waals surface area contributed by atoms with Crippen molar-refractivity contribution in [2.75, 3.05) is 12.4 Å². The first-order chi connectivity index (χ1) is 14.5. The van der Waals surface area contributed by atoms with E-state index in [2.05, 4.69) is 5.32 Å². The molecule has 0 atom stereocenters. The van der Waals surface area contributed by atoms with Crippen LogP contribution in [0.15, 0.2) is 72.3 Å². The number of hydrogen-bond donors (Lipinski definition) is 1. The molecule has 6 heteroatoms. The van der Waals surface area contributed by atoms with Gasteiger partial charge in [-0.1, -0.05) is 42.5 Å². The smallest absolute Gasteiger partial charge is 0.266 e. The largest absolute Gasteiger partial charge is 0.496 e. The van der Waals surface area contributed by atoms with E-state index >= 15 is 0 Å². The van der Waals surface area contributed by atoms with Crippen LogP contribution in [0, 0.1) is 23.0 Å². The van der Waals surface area contributed by atoms with Crippen molar-refractivity contribution in [2.24, 2.45) is 0 Å². The van der Waals surface area contributed by atoms with Crippen molar-refractivity contribution in [3.05, 3.63) is 101 Å². The number of rotatable bonds is 6. The molecule has 3 aromatic rings. The fourth-order valence-corrected chi connectivity index (χ4v) is 2.91. The Hall–Kier alpha value is -3.98. The lowest BCUT2D eigenvalue weighted by Crippen LogP contribution is -2.14. The summed E-state index contributed by atoms with van der Waals surface area (Å²) in [6.07, 6.45) is 1.71. The van der Waals surface area contributed by atoms with Crippen LogP contribution >= 0.6 is 0 Å². The molecular formula is C24H18F2N2O2. The minimum Gasteiger partial charge on any atom is -0.496 e. The standard InChI is InChI=1S/C24H18F2N2O2/c1-30-23-13-16(10-11-18(23)14-17-6-2-3-7-20(17)25)12-19(15-27)24(29)28-22-9-5-4-8-21(22)26/h2-13H,14H2,1H3,(H,28,29)/b19-12+. The van der Waals surface area contributed by atoms with Gasteiger partial charge in [0.15, 0.2) is 0 Å². The average Bonchev–Trinajstić information content (AvgIpc) is 2.76. The van der Waals surface area contributed by atoms with Gasteiger partial charge < -0.3 is 10.1 Å². The minimum absolute atomic E-state index is 0.0125. The van der Waals surface area contributed by atoms with Gasteiger partial charge in [-0.2, -0.15) is 5.26 Å². The highest BCUT2D eigenvalue weighted by atomic mass is 19.1. The van der Waals surface area contributed by atoms with E-state index in [9.17, 15) is 18.8 Å². The first-order valence-electron chi connectivity index (χ1n) is 9.10. The number of nitrogens with one attached hydrogen (secondary N) is 1. The topological polar surface area (TPSA) is 62.1 Å². The van der Waals surface area contributed by atoms with Crippen molar-refractivity contribution < 1.29 is 18.3 Å². The zero-order valence-electron chi connectivity index (χ0n) is 16.2. The van der Waals surface area contributed by atoms with Crippen molar-refractivity contribution in [3.8, 4) is 11.8 Å². The number of hydrogen-bond acceptors (Lipinski definition) is 3. The zero-order chi connectivity index (χ0) is 21.5. The first-order valence-corrected chi connectivity index (χ1v) is 9.10. The van der Waals surface area contributed by atoms with Crippen LogP contribution in [-0.2, 0) is 11.2 Å². The lowest BCUT2D eigenvalue weighted by Gasteiger charge is -2.11. The highest BCUT2D eigenvalue weighted by molar-refractivity contribution is 6.09. The SMILES string of the molecule is COc1cc(/C=C(\C#N)C(=O)Nc2ccccc2F)ccc1Cc1ccccc1F. The number of amides is 1.